The Bertz CT molecular complexity index is 1120. The van der Waals surface area contributed by atoms with Gasteiger partial charge in [0.25, 0.3) is 0 Å². The number of thiazole rings is 1. The van der Waals surface area contributed by atoms with E-state index in [-0.39, 0.29) is 0 Å². The van der Waals surface area contributed by atoms with Crippen LogP contribution in [0.15, 0.2) is 36.5 Å². The molecule has 0 N–H and O–H groups in total. The van der Waals surface area contributed by atoms with Crippen LogP contribution in [0.3, 0.4) is 0 Å². The number of nitrogens with zero attached hydrogens (tertiary/aromatic N) is 2. The number of methoxy groups -OCH3 is 2. The van der Waals surface area contributed by atoms with Crippen molar-refractivity contribution in [2.75, 3.05) is 14.2 Å². The zero-order chi connectivity index (χ0) is 18.3. The SMILES string of the molecule is COCc1cnc2c(C)cc(-c3nc4c(C)cc(OC)cc4s3)cc2c1. The van der Waals surface area contributed by atoms with Gasteiger partial charge in [-0.3, -0.25) is 4.98 Å². The lowest BCUT2D eigenvalue weighted by molar-refractivity contribution is 0.185. The number of aromatic nitrogens is 2. The van der Waals surface area contributed by atoms with E-state index in [1.165, 1.54) is 0 Å². The van der Waals surface area contributed by atoms with E-state index in [1.54, 1.807) is 25.6 Å². The first kappa shape index (κ1) is 16.9. The van der Waals surface area contributed by atoms with Crippen molar-refractivity contribution >= 4 is 32.5 Å². The maximum atomic E-state index is 5.39. The molecule has 0 saturated heterocycles. The third-order valence-electron chi connectivity index (χ3n) is 4.48. The number of fused-ring (bicyclic) bond motifs is 2. The van der Waals surface area contributed by atoms with E-state index < -0.39 is 0 Å². The van der Waals surface area contributed by atoms with Gasteiger partial charge in [0.2, 0.25) is 0 Å². The van der Waals surface area contributed by atoms with Crippen LogP contribution in [0.25, 0.3) is 31.7 Å². The largest absolute Gasteiger partial charge is 0.497 e. The number of rotatable bonds is 4. The summed E-state index contributed by atoms with van der Waals surface area (Å²) < 4.78 is 11.8. The fraction of sp³-hybridized carbons (Fsp3) is 0.238. The summed E-state index contributed by atoms with van der Waals surface area (Å²) in [6.07, 6.45) is 1.88. The van der Waals surface area contributed by atoms with E-state index in [1.807, 2.05) is 12.3 Å². The molecule has 0 spiro atoms. The third-order valence-corrected chi connectivity index (χ3v) is 5.53. The van der Waals surface area contributed by atoms with Crippen molar-refractivity contribution < 1.29 is 9.47 Å². The van der Waals surface area contributed by atoms with Crippen LogP contribution in [-0.4, -0.2) is 24.2 Å². The van der Waals surface area contributed by atoms with Crippen LogP contribution in [0.5, 0.6) is 5.75 Å². The molecule has 0 amide bonds. The van der Waals surface area contributed by atoms with Crippen molar-refractivity contribution in [3.05, 3.63) is 53.2 Å². The van der Waals surface area contributed by atoms with Crippen LogP contribution in [-0.2, 0) is 11.3 Å². The predicted molar refractivity (Wildman–Crippen MR) is 107 cm³/mol. The lowest BCUT2D eigenvalue weighted by Crippen LogP contribution is -1.92. The highest BCUT2D eigenvalue weighted by atomic mass is 32.1. The summed E-state index contributed by atoms with van der Waals surface area (Å²) in [4.78, 5) is 9.48. The highest BCUT2D eigenvalue weighted by molar-refractivity contribution is 7.21. The minimum Gasteiger partial charge on any atom is -0.497 e. The summed E-state index contributed by atoms with van der Waals surface area (Å²) in [5.74, 6) is 0.869. The average molecular weight is 364 g/mol. The van der Waals surface area contributed by atoms with Crippen LogP contribution >= 0.6 is 11.3 Å². The maximum Gasteiger partial charge on any atom is 0.124 e. The molecule has 0 saturated carbocycles. The molecule has 0 unspecified atom stereocenters. The van der Waals surface area contributed by atoms with Crippen molar-refractivity contribution in [1.82, 2.24) is 9.97 Å². The molecule has 4 aromatic rings. The number of pyridine rings is 1. The second kappa shape index (κ2) is 6.67. The maximum absolute atomic E-state index is 5.39. The minimum atomic E-state index is 0.562. The molecule has 0 aliphatic heterocycles. The molecule has 2 heterocycles. The number of benzene rings is 2. The van der Waals surface area contributed by atoms with Crippen LogP contribution < -0.4 is 4.74 Å². The fourth-order valence-corrected chi connectivity index (χ4v) is 4.31. The van der Waals surface area contributed by atoms with Gasteiger partial charge in [0.15, 0.2) is 0 Å². The van der Waals surface area contributed by atoms with Crippen molar-refractivity contribution in [3.8, 4) is 16.3 Å². The van der Waals surface area contributed by atoms with Gasteiger partial charge >= 0.3 is 0 Å². The van der Waals surface area contributed by atoms with Crippen molar-refractivity contribution in [3.63, 3.8) is 0 Å². The van der Waals surface area contributed by atoms with Crippen LogP contribution in [0.1, 0.15) is 16.7 Å². The molecule has 4 nitrogen and oxygen atoms in total. The van der Waals surface area contributed by atoms with Crippen LogP contribution in [0.2, 0.25) is 0 Å². The first-order valence-electron chi connectivity index (χ1n) is 8.43. The zero-order valence-electron chi connectivity index (χ0n) is 15.3. The van der Waals surface area contributed by atoms with Crippen molar-refractivity contribution in [1.29, 1.82) is 0 Å². The summed E-state index contributed by atoms with van der Waals surface area (Å²) in [5.41, 5.74) is 6.52. The lowest BCUT2D eigenvalue weighted by Gasteiger charge is -2.07. The first-order chi connectivity index (χ1) is 12.6. The first-order valence-corrected chi connectivity index (χ1v) is 9.24. The molecule has 5 heteroatoms. The van der Waals surface area contributed by atoms with E-state index in [9.17, 15) is 0 Å². The molecule has 0 fully saturated rings. The van der Waals surface area contributed by atoms with E-state index in [2.05, 4.69) is 43.1 Å². The Balaban J connectivity index is 1.87. The minimum absolute atomic E-state index is 0.562. The average Bonchev–Trinajstić information content (AvgIpc) is 3.06. The Morgan fingerprint density at radius 3 is 2.54 bits per heavy atom. The Kier molecular flexibility index (Phi) is 4.34. The van der Waals surface area contributed by atoms with Crippen LogP contribution in [0.4, 0.5) is 0 Å². The summed E-state index contributed by atoms with van der Waals surface area (Å²) in [7, 11) is 3.39. The Morgan fingerprint density at radius 1 is 0.962 bits per heavy atom. The summed E-state index contributed by atoms with van der Waals surface area (Å²) in [5, 5.41) is 2.13. The van der Waals surface area contributed by atoms with Gasteiger partial charge in [-0.15, -0.1) is 11.3 Å². The van der Waals surface area contributed by atoms with Gasteiger partial charge < -0.3 is 9.47 Å². The van der Waals surface area contributed by atoms with Crippen molar-refractivity contribution in [2.24, 2.45) is 0 Å². The number of hydrogen-bond donors (Lipinski definition) is 0. The molecule has 26 heavy (non-hydrogen) atoms. The molecule has 0 aliphatic rings. The fourth-order valence-electron chi connectivity index (χ4n) is 3.25. The Labute approximate surface area is 156 Å². The van der Waals surface area contributed by atoms with E-state index in [0.717, 1.165) is 54.1 Å². The molecule has 0 aliphatic carbocycles. The van der Waals surface area contributed by atoms with Crippen LogP contribution in [0, 0.1) is 13.8 Å². The Morgan fingerprint density at radius 2 is 1.77 bits per heavy atom. The van der Waals surface area contributed by atoms with E-state index >= 15 is 0 Å². The van der Waals surface area contributed by atoms with Gasteiger partial charge in [-0.2, -0.15) is 0 Å². The Hall–Kier alpha value is -2.50. The van der Waals surface area contributed by atoms with Gasteiger partial charge in [0.05, 0.1) is 29.5 Å². The quantitative estimate of drug-likeness (QED) is 0.494. The van der Waals surface area contributed by atoms with Gasteiger partial charge in [-0.05, 0) is 60.9 Å². The number of hydrogen-bond acceptors (Lipinski definition) is 5. The topological polar surface area (TPSA) is 44.2 Å². The summed E-state index contributed by atoms with van der Waals surface area (Å²) in [6.45, 7) is 4.73. The van der Waals surface area contributed by atoms with E-state index in [4.69, 9.17) is 14.5 Å². The van der Waals surface area contributed by atoms with Crippen molar-refractivity contribution in [2.45, 2.75) is 20.5 Å². The van der Waals surface area contributed by atoms with Gasteiger partial charge in [-0.1, -0.05) is 0 Å². The third kappa shape index (κ3) is 2.93. The normalized spacial score (nSPS) is 11.4. The molecule has 0 atom stereocenters. The second-order valence-electron chi connectivity index (χ2n) is 6.45. The van der Waals surface area contributed by atoms with Gasteiger partial charge in [-0.25, -0.2) is 4.98 Å². The standard InChI is InChI=1S/C21H20N2O2S/c1-12-5-16(8-15-7-14(11-24-3)10-22-19(12)15)21-23-20-13(2)6-17(25-4)9-18(20)26-21/h5-10H,11H2,1-4H3. The number of ether oxygens (including phenoxy) is 2. The second-order valence-corrected chi connectivity index (χ2v) is 7.48. The molecular weight excluding hydrogens is 344 g/mol. The predicted octanol–water partition coefficient (Wildman–Crippen LogP) is 5.28. The molecule has 0 bridgehead atoms. The number of aryl methyl sites for hydroxylation is 2. The monoisotopic (exact) mass is 364 g/mol. The molecule has 2 aromatic carbocycles. The van der Waals surface area contributed by atoms with Gasteiger partial charge in [0, 0.05) is 24.3 Å². The summed E-state index contributed by atoms with van der Waals surface area (Å²) >= 11 is 1.69. The smallest absolute Gasteiger partial charge is 0.124 e. The molecule has 2 aromatic heterocycles. The van der Waals surface area contributed by atoms with E-state index in [0.29, 0.717) is 6.61 Å². The van der Waals surface area contributed by atoms with Gasteiger partial charge in [0.1, 0.15) is 10.8 Å². The lowest BCUT2D eigenvalue weighted by atomic mass is 10.0. The zero-order valence-corrected chi connectivity index (χ0v) is 16.1. The molecule has 4 rings (SSSR count). The molecular formula is C21H20N2O2S. The molecule has 0 radical (unpaired) electrons. The highest BCUT2D eigenvalue weighted by Crippen LogP contribution is 2.36. The summed E-state index contributed by atoms with van der Waals surface area (Å²) in [6, 6.07) is 10.5. The highest BCUT2D eigenvalue weighted by Gasteiger charge is 2.12. The molecule has 132 valence electrons.